The van der Waals surface area contributed by atoms with Gasteiger partial charge in [-0.2, -0.15) is 15.5 Å². The summed E-state index contributed by atoms with van der Waals surface area (Å²) in [4.78, 5) is 8.42. The van der Waals surface area contributed by atoms with Crippen LogP contribution in [0.3, 0.4) is 0 Å². The first-order valence-electron chi connectivity index (χ1n) is 9.70. The Balaban J connectivity index is 1.69. The minimum Gasteiger partial charge on any atom is -0.241 e. The van der Waals surface area contributed by atoms with E-state index in [-0.39, 0.29) is 10.8 Å². The highest BCUT2D eigenvalue weighted by Gasteiger charge is 2.24. The van der Waals surface area contributed by atoms with Gasteiger partial charge >= 0.3 is 0 Å². The molecule has 0 amide bonds. The second-order valence-electron chi connectivity index (χ2n) is 7.26. The molecule has 1 aromatic carbocycles. The molecule has 0 unspecified atom stereocenters. The molecule has 32 heavy (non-hydrogen) atoms. The zero-order chi connectivity index (χ0) is 23.0. The van der Waals surface area contributed by atoms with E-state index in [1.165, 1.54) is 6.33 Å². The van der Waals surface area contributed by atoms with Gasteiger partial charge in [-0.3, -0.25) is 0 Å². The Kier molecular flexibility index (Phi) is 5.72. The number of aryl methyl sites for hydroxylation is 2. The minimum atomic E-state index is -2.79. The van der Waals surface area contributed by atoms with Crippen molar-refractivity contribution in [3.63, 3.8) is 0 Å². The topological polar surface area (TPSA) is 85.2 Å². The van der Waals surface area contributed by atoms with E-state index in [9.17, 15) is 8.78 Å². The standard InChI is InChI=1S/C22H18ClF2N7/c1-12-18(14(3)31(29-12)17-6-4-15(10-26)5-7-17)8-16-9-19(28-11-27-16)32-21(22(24)25)20(23)13(2)30-32/h4-7,9,11,22H,8H2,1-3H3. The smallest absolute Gasteiger partial charge is 0.241 e. The van der Waals surface area contributed by atoms with Gasteiger partial charge in [-0.1, -0.05) is 11.6 Å². The van der Waals surface area contributed by atoms with Crippen LogP contribution in [0.4, 0.5) is 8.78 Å². The molecule has 0 atom stereocenters. The van der Waals surface area contributed by atoms with Gasteiger partial charge in [-0.25, -0.2) is 28.1 Å². The van der Waals surface area contributed by atoms with Crippen LogP contribution in [-0.2, 0) is 6.42 Å². The van der Waals surface area contributed by atoms with Crippen LogP contribution in [0.5, 0.6) is 0 Å². The van der Waals surface area contributed by atoms with Gasteiger partial charge in [0.1, 0.15) is 12.0 Å². The van der Waals surface area contributed by atoms with Crippen LogP contribution < -0.4 is 0 Å². The van der Waals surface area contributed by atoms with E-state index in [1.54, 1.807) is 29.8 Å². The molecule has 0 aliphatic heterocycles. The lowest BCUT2D eigenvalue weighted by atomic mass is 10.1. The average molecular weight is 454 g/mol. The maximum absolute atomic E-state index is 13.5. The molecular weight excluding hydrogens is 436 g/mol. The van der Waals surface area contributed by atoms with Crippen LogP contribution in [0.1, 0.15) is 46.0 Å². The fraction of sp³-hybridized carbons (Fsp3) is 0.227. The number of nitriles is 1. The fourth-order valence-corrected chi connectivity index (χ4v) is 3.73. The summed E-state index contributed by atoms with van der Waals surface area (Å²) < 4.78 is 29.9. The van der Waals surface area contributed by atoms with Gasteiger partial charge in [-0.05, 0) is 45.0 Å². The van der Waals surface area contributed by atoms with Crippen LogP contribution in [0.25, 0.3) is 11.5 Å². The van der Waals surface area contributed by atoms with Gasteiger partial charge in [0.2, 0.25) is 0 Å². The maximum atomic E-state index is 13.5. The van der Waals surface area contributed by atoms with Gasteiger partial charge in [-0.15, -0.1) is 0 Å². The molecule has 162 valence electrons. The van der Waals surface area contributed by atoms with Crippen molar-refractivity contribution in [2.75, 3.05) is 0 Å². The Morgan fingerprint density at radius 2 is 1.72 bits per heavy atom. The van der Waals surface area contributed by atoms with Gasteiger partial charge in [0.15, 0.2) is 5.82 Å². The van der Waals surface area contributed by atoms with Gasteiger partial charge in [0.25, 0.3) is 6.43 Å². The Hall–Kier alpha value is -3.64. The first-order chi connectivity index (χ1) is 15.3. The molecule has 0 spiro atoms. The Morgan fingerprint density at radius 3 is 2.38 bits per heavy atom. The lowest BCUT2D eigenvalue weighted by Crippen LogP contribution is -2.07. The van der Waals surface area contributed by atoms with E-state index in [4.69, 9.17) is 16.9 Å². The van der Waals surface area contributed by atoms with Crippen molar-refractivity contribution in [2.45, 2.75) is 33.6 Å². The number of rotatable bonds is 5. The second kappa shape index (κ2) is 8.48. The molecule has 7 nitrogen and oxygen atoms in total. The van der Waals surface area contributed by atoms with E-state index >= 15 is 0 Å². The molecule has 0 bridgehead atoms. The van der Waals surface area contributed by atoms with Crippen molar-refractivity contribution in [2.24, 2.45) is 0 Å². The minimum absolute atomic E-state index is 0.0736. The van der Waals surface area contributed by atoms with Gasteiger partial charge in [0, 0.05) is 23.7 Å². The molecular formula is C22H18ClF2N7. The Bertz CT molecular complexity index is 1330. The van der Waals surface area contributed by atoms with Gasteiger partial charge in [0.05, 0.1) is 39.4 Å². The summed E-state index contributed by atoms with van der Waals surface area (Å²) in [7, 11) is 0. The van der Waals surface area contributed by atoms with Gasteiger partial charge < -0.3 is 0 Å². The number of hydrogen-bond acceptors (Lipinski definition) is 5. The number of aromatic nitrogens is 6. The molecule has 4 rings (SSSR count). The van der Waals surface area contributed by atoms with E-state index in [0.29, 0.717) is 23.4 Å². The number of nitrogens with zero attached hydrogens (tertiary/aromatic N) is 7. The van der Waals surface area contributed by atoms with Crippen molar-refractivity contribution >= 4 is 11.6 Å². The van der Waals surface area contributed by atoms with Crippen molar-refractivity contribution in [1.82, 2.24) is 29.5 Å². The summed E-state index contributed by atoms with van der Waals surface area (Å²) in [5, 5.41) is 17.7. The summed E-state index contributed by atoms with van der Waals surface area (Å²) in [5.41, 5.74) is 4.64. The maximum Gasteiger partial charge on any atom is 0.282 e. The molecule has 0 aliphatic rings. The van der Waals surface area contributed by atoms with Crippen LogP contribution in [-0.4, -0.2) is 29.5 Å². The summed E-state index contributed by atoms with van der Waals surface area (Å²) >= 11 is 6.01. The number of halogens is 3. The third kappa shape index (κ3) is 3.85. The normalized spacial score (nSPS) is 11.2. The summed E-state index contributed by atoms with van der Waals surface area (Å²) in [5.74, 6) is 0.218. The van der Waals surface area contributed by atoms with Crippen LogP contribution in [0.15, 0.2) is 36.7 Å². The van der Waals surface area contributed by atoms with E-state index < -0.39 is 12.1 Å². The zero-order valence-corrected chi connectivity index (χ0v) is 18.3. The molecule has 0 radical (unpaired) electrons. The van der Waals surface area contributed by atoms with Crippen molar-refractivity contribution in [3.05, 3.63) is 81.3 Å². The highest BCUT2D eigenvalue weighted by Crippen LogP contribution is 2.31. The first-order valence-corrected chi connectivity index (χ1v) is 10.1. The lowest BCUT2D eigenvalue weighted by molar-refractivity contribution is 0.142. The fourth-order valence-electron chi connectivity index (χ4n) is 3.53. The highest BCUT2D eigenvalue weighted by molar-refractivity contribution is 6.31. The van der Waals surface area contributed by atoms with Crippen molar-refractivity contribution in [1.29, 1.82) is 5.26 Å². The van der Waals surface area contributed by atoms with Crippen LogP contribution >= 0.6 is 11.6 Å². The lowest BCUT2D eigenvalue weighted by Gasteiger charge is -2.08. The molecule has 4 aromatic rings. The third-order valence-electron chi connectivity index (χ3n) is 5.19. The van der Waals surface area contributed by atoms with Crippen LogP contribution in [0, 0.1) is 32.1 Å². The van der Waals surface area contributed by atoms with E-state index in [1.807, 2.05) is 26.0 Å². The summed E-state index contributed by atoms with van der Waals surface area (Å²) in [6, 6.07) is 10.9. The molecule has 0 aliphatic carbocycles. The number of hydrogen-bond donors (Lipinski definition) is 0. The van der Waals surface area contributed by atoms with E-state index in [0.717, 1.165) is 27.3 Å². The largest absolute Gasteiger partial charge is 0.282 e. The summed E-state index contributed by atoms with van der Waals surface area (Å²) in [6.45, 7) is 5.41. The average Bonchev–Trinajstić information content (AvgIpc) is 3.24. The predicted molar refractivity (Wildman–Crippen MR) is 114 cm³/mol. The Labute approximate surface area is 187 Å². The summed E-state index contributed by atoms with van der Waals surface area (Å²) in [6.07, 6.45) is -1.04. The monoisotopic (exact) mass is 453 g/mol. The molecule has 0 fully saturated rings. The molecule has 0 N–H and O–H groups in total. The van der Waals surface area contributed by atoms with Crippen molar-refractivity contribution in [3.8, 4) is 17.6 Å². The second-order valence-corrected chi connectivity index (χ2v) is 7.64. The van der Waals surface area contributed by atoms with Crippen LogP contribution in [0.2, 0.25) is 5.02 Å². The molecule has 10 heteroatoms. The molecule has 0 saturated carbocycles. The van der Waals surface area contributed by atoms with Crippen molar-refractivity contribution < 1.29 is 8.78 Å². The highest BCUT2D eigenvalue weighted by atomic mass is 35.5. The molecule has 3 aromatic heterocycles. The molecule has 3 heterocycles. The Morgan fingerprint density at radius 1 is 1.03 bits per heavy atom. The number of benzene rings is 1. The number of alkyl halides is 2. The SMILES string of the molecule is Cc1nn(-c2cc(Cc3c(C)nn(-c4ccc(C#N)cc4)c3C)ncn2)c(C(F)F)c1Cl. The molecule has 0 saturated heterocycles. The quantitative estimate of drug-likeness (QED) is 0.432. The third-order valence-corrected chi connectivity index (χ3v) is 5.66. The zero-order valence-electron chi connectivity index (χ0n) is 17.5. The first kappa shape index (κ1) is 21.6. The van der Waals surface area contributed by atoms with E-state index in [2.05, 4.69) is 26.2 Å². The predicted octanol–water partition coefficient (Wildman–Crippen LogP) is 4.83.